The molecule has 1 aromatic rings. The van der Waals surface area contributed by atoms with Crippen LogP contribution in [0.25, 0.3) is 0 Å². The van der Waals surface area contributed by atoms with E-state index in [-0.39, 0.29) is 18.6 Å². The van der Waals surface area contributed by atoms with Gasteiger partial charge in [0, 0.05) is 20.1 Å². The number of carbonyl (C=O) groups excluding carboxylic acids is 1. The average Bonchev–Trinajstić information content (AvgIpc) is 2.97. The molecule has 22 heavy (non-hydrogen) atoms. The second-order valence-electron chi connectivity index (χ2n) is 5.38. The topological polar surface area (TPSA) is 76.1 Å². The van der Waals surface area contributed by atoms with Gasteiger partial charge in [0.25, 0.3) is 5.91 Å². The number of rotatable bonds is 6. The van der Waals surface area contributed by atoms with Crippen molar-refractivity contribution >= 4 is 11.9 Å². The summed E-state index contributed by atoms with van der Waals surface area (Å²) in [4.78, 5) is 25.1. The summed E-state index contributed by atoms with van der Waals surface area (Å²) >= 11 is 0. The maximum atomic E-state index is 12.4. The molecule has 6 heteroatoms. The van der Waals surface area contributed by atoms with E-state index in [4.69, 9.17) is 9.47 Å². The van der Waals surface area contributed by atoms with Gasteiger partial charge in [-0.15, -0.1) is 0 Å². The molecule has 0 radical (unpaired) electrons. The molecule has 2 rings (SSSR count). The number of hydrogen-bond donors (Lipinski definition) is 1. The lowest BCUT2D eigenvalue weighted by atomic mass is 10.2. The Balaban J connectivity index is 1.95. The Kier molecular flexibility index (Phi) is 5.51. The first-order valence-corrected chi connectivity index (χ1v) is 7.24. The molecular weight excluding hydrogens is 286 g/mol. The van der Waals surface area contributed by atoms with Gasteiger partial charge in [0.05, 0.1) is 12.7 Å². The molecule has 6 nitrogen and oxygen atoms in total. The quantitative estimate of drug-likeness (QED) is 0.857. The van der Waals surface area contributed by atoms with Crippen molar-refractivity contribution in [1.82, 2.24) is 4.90 Å². The molecule has 1 heterocycles. The number of hydrogen-bond acceptors (Lipinski definition) is 4. The summed E-state index contributed by atoms with van der Waals surface area (Å²) in [6.45, 7) is 2.24. The van der Waals surface area contributed by atoms with Crippen LogP contribution in [-0.2, 0) is 25.7 Å². The predicted octanol–water partition coefficient (Wildman–Crippen LogP) is 1.29. The Labute approximate surface area is 129 Å². The van der Waals surface area contributed by atoms with Crippen LogP contribution >= 0.6 is 0 Å². The van der Waals surface area contributed by atoms with Gasteiger partial charge in [-0.25, -0.2) is 4.79 Å². The lowest BCUT2D eigenvalue weighted by molar-refractivity contribution is -0.153. The van der Waals surface area contributed by atoms with E-state index in [2.05, 4.69) is 0 Å². The number of amides is 1. The minimum Gasteiger partial charge on any atom is -0.480 e. The van der Waals surface area contributed by atoms with Crippen LogP contribution in [0.2, 0.25) is 0 Å². The van der Waals surface area contributed by atoms with Crippen LogP contribution in [-0.4, -0.2) is 53.8 Å². The van der Waals surface area contributed by atoms with Crippen LogP contribution in [0.4, 0.5) is 0 Å². The van der Waals surface area contributed by atoms with Gasteiger partial charge in [0.1, 0.15) is 12.1 Å². The van der Waals surface area contributed by atoms with Gasteiger partial charge in [-0.2, -0.15) is 0 Å². The van der Waals surface area contributed by atoms with Crippen LogP contribution in [0.15, 0.2) is 30.3 Å². The third kappa shape index (κ3) is 3.84. The number of carbonyl (C=O) groups is 2. The second-order valence-corrected chi connectivity index (χ2v) is 5.38. The molecule has 1 aromatic carbocycles. The number of ether oxygens (including phenoxy) is 2. The van der Waals surface area contributed by atoms with Gasteiger partial charge in [-0.1, -0.05) is 30.3 Å². The second kappa shape index (κ2) is 7.38. The van der Waals surface area contributed by atoms with Crippen LogP contribution < -0.4 is 0 Å². The Morgan fingerprint density at radius 2 is 2.05 bits per heavy atom. The van der Waals surface area contributed by atoms with Crippen molar-refractivity contribution in [2.75, 3.05) is 13.7 Å². The third-order valence-electron chi connectivity index (χ3n) is 3.85. The van der Waals surface area contributed by atoms with Crippen molar-refractivity contribution in [3.05, 3.63) is 35.9 Å². The number of aliphatic carboxylic acids is 1. The maximum absolute atomic E-state index is 12.4. The van der Waals surface area contributed by atoms with Crippen LogP contribution in [0.5, 0.6) is 0 Å². The molecule has 0 saturated carbocycles. The van der Waals surface area contributed by atoms with Gasteiger partial charge in [0.15, 0.2) is 0 Å². The highest BCUT2D eigenvalue weighted by molar-refractivity contribution is 5.86. The fourth-order valence-electron chi connectivity index (χ4n) is 2.55. The summed E-state index contributed by atoms with van der Waals surface area (Å²) in [5, 5.41) is 9.25. The van der Waals surface area contributed by atoms with Crippen LogP contribution in [0.1, 0.15) is 18.9 Å². The van der Waals surface area contributed by atoms with E-state index in [1.54, 1.807) is 6.92 Å². The zero-order valence-corrected chi connectivity index (χ0v) is 12.8. The van der Waals surface area contributed by atoms with E-state index in [9.17, 15) is 14.7 Å². The first-order chi connectivity index (χ1) is 10.5. The number of benzene rings is 1. The molecule has 0 aromatic heterocycles. The Hall–Kier alpha value is -1.92. The molecule has 0 bridgehead atoms. The summed E-state index contributed by atoms with van der Waals surface area (Å²) in [6.07, 6.45) is -0.632. The number of carboxylic acid groups (broad SMARTS) is 1. The minimum absolute atomic E-state index is 0.244. The summed E-state index contributed by atoms with van der Waals surface area (Å²) in [5.41, 5.74) is 0.966. The molecular formula is C16H21NO5. The number of methoxy groups -OCH3 is 1. The molecule has 0 aliphatic carbocycles. The molecule has 0 spiro atoms. The summed E-state index contributed by atoms with van der Waals surface area (Å²) in [7, 11) is 1.52. The van der Waals surface area contributed by atoms with Crippen LogP contribution in [0.3, 0.4) is 0 Å². The van der Waals surface area contributed by atoms with Gasteiger partial charge >= 0.3 is 5.97 Å². The van der Waals surface area contributed by atoms with Gasteiger partial charge in [-0.3, -0.25) is 4.79 Å². The van der Waals surface area contributed by atoms with Crippen molar-refractivity contribution in [2.24, 2.45) is 0 Å². The molecule has 1 aliphatic rings. The fraction of sp³-hybridized carbons (Fsp3) is 0.500. The molecule has 1 saturated heterocycles. The first kappa shape index (κ1) is 16.5. The van der Waals surface area contributed by atoms with Crippen molar-refractivity contribution < 1.29 is 24.2 Å². The summed E-state index contributed by atoms with van der Waals surface area (Å²) in [5.74, 6) is -1.33. The highest BCUT2D eigenvalue weighted by atomic mass is 16.5. The fourth-order valence-corrected chi connectivity index (χ4v) is 2.55. The zero-order chi connectivity index (χ0) is 16.1. The monoisotopic (exact) mass is 307 g/mol. The van der Waals surface area contributed by atoms with Crippen molar-refractivity contribution in [3.63, 3.8) is 0 Å². The Bertz CT molecular complexity index is 519. The zero-order valence-electron chi connectivity index (χ0n) is 12.8. The van der Waals surface area contributed by atoms with Crippen LogP contribution in [0, 0.1) is 0 Å². The molecule has 1 N–H and O–H groups in total. The number of carboxylic acids is 1. The van der Waals surface area contributed by atoms with Crippen molar-refractivity contribution in [1.29, 1.82) is 0 Å². The number of nitrogens with zero attached hydrogens (tertiary/aromatic N) is 1. The van der Waals surface area contributed by atoms with Gasteiger partial charge < -0.3 is 19.5 Å². The number of likely N-dealkylation sites (tertiary alicyclic amines) is 1. The predicted molar refractivity (Wildman–Crippen MR) is 79.2 cm³/mol. The normalized spacial score (nSPS) is 22.5. The molecule has 1 fully saturated rings. The lowest BCUT2D eigenvalue weighted by Crippen LogP contribution is -2.45. The van der Waals surface area contributed by atoms with E-state index < -0.39 is 18.1 Å². The van der Waals surface area contributed by atoms with Gasteiger partial charge in [-0.05, 0) is 12.5 Å². The first-order valence-electron chi connectivity index (χ1n) is 7.24. The SMILES string of the molecule is COC1CC(C(=O)O)N(C(=O)C(C)OCc2ccccc2)C1. The van der Waals surface area contributed by atoms with Crippen molar-refractivity contribution in [2.45, 2.75) is 38.2 Å². The molecule has 120 valence electrons. The molecule has 3 unspecified atom stereocenters. The highest BCUT2D eigenvalue weighted by Crippen LogP contribution is 2.22. The molecule has 1 aliphatic heterocycles. The summed E-state index contributed by atoms with van der Waals surface area (Å²) < 4.78 is 10.8. The van der Waals surface area contributed by atoms with Crippen molar-refractivity contribution in [3.8, 4) is 0 Å². The van der Waals surface area contributed by atoms with E-state index in [0.29, 0.717) is 13.0 Å². The maximum Gasteiger partial charge on any atom is 0.326 e. The van der Waals surface area contributed by atoms with E-state index in [0.717, 1.165) is 5.56 Å². The third-order valence-corrected chi connectivity index (χ3v) is 3.85. The standard InChI is InChI=1S/C16H21NO5/c1-11(22-10-12-6-4-3-5-7-12)15(18)17-9-13(21-2)8-14(17)16(19)20/h3-7,11,13-14H,8-10H2,1-2H3,(H,19,20). The van der Waals surface area contributed by atoms with Gasteiger partial charge in [0.2, 0.25) is 0 Å². The minimum atomic E-state index is -1.01. The Morgan fingerprint density at radius 1 is 1.36 bits per heavy atom. The molecule has 1 amide bonds. The van der Waals surface area contributed by atoms with E-state index >= 15 is 0 Å². The lowest BCUT2D eigenvalue weighted by Gasteiger charge is -2.24. The highest BCUT2D eigenvalue weighted by Gasteiger charge is 2.41. The average molecular weight is 307 g/mol. The molecule has 3 atom stereocenters. The largest absolute Gasteiger partial charge is 0.480 e. The van der Waals surface area contributed by atoms with E-state index in [1.165, 1.54) is 12.0 Å². The van der Waals surface area contributed by atoms with E-state index in [1.807, 2.05) is 30.3 Å². The Morgan fingerprint density at radius 3 is 2.64 bits per heavy atom. The smallest absolute Gasteiger partial charge is 0.326 e. The summed E-state index contributed by atoms with van der Waals surface area (Å²) in [6, 6.07) is 8.68.